The molecule has 17 heteroatoms. The summed E-state index contributed by atoms with van der Waals surface area (Å²) in [6.07, 6.45) is 11.3. The number of carbonyl (C=O) groups is 3. The van der Waals surface area contributed by atoms with Gasteiger partial charge in [0.05, 0.1) is 69.9 Å². The van der Waals surface area contributed by atoms with Crippen molar-refractivity contribution in [2.24, 2.45) is 0 Å². The molecule has 17 nitrogen and oxygen atoms in total. The molecule has 0 radical (unpaired) electrons. The zero-order chi connectivity index (χ0) is 64.9. The maximum atomic E-state index is 14.6. The Morgan fingerprint density at radius 1 is 0.596 bits per heavy atom. The van der Waals surface area contributed by atoms with Crippen LogP contribution in [0.25, 0.3) is 22.3 Å². The van der Waals surface area contributed by atoms with Crippen LogP contribution in [0.4, 0.5) is 10.5 Å². The highest BCUT2D eigenvalue weighted by atomic mass is 16.5. The molecule has 0 fully saturated rings. The first-order valence-electron chi connectivity index (χ1n) is 32.7. The number of carbonyl (C=O) groups excluding carboxylic acids is 3. The van der Waals surface area contributed by atoms with E-state index in [2.05, 4.69) is 110 Å². The van der Waals surface area contributed by atoms with Gasteiger partial charge in [0.1, 0.15) is 18.1 Å². The Balaban J connectivity index is 0.752. The maximum absolute atomic E-state index is 14.6. The Bertz CT molecular complexity index is 4150. The van der Waals surface area contributed by atoms with E-state index in [0.717, 1.165) is 103 Å². The lowest BCUT2D eigenvalue weighted by atomic mass is 9.90. The van der Waals surface area contributed by atoms with Crippen LogP contribution in [0, 0.1) is 0 Å². The van der Waals surface area contributed by atoms with Crippen LogP contribution in [-0.4, -0.2) is 75.3 Å². The Hall–Kier alpha value is -10.2. The van der Waals surface area contributed by atoms with Gasteiger partial charge < -0.3 is 29.0 Å². The SMILES string of the molecule is CCc1cccc(CC)c1NC(=O)N(CCCCOc1cc(CN(Cc2ccccn2)Cc2ccccn2)cc(CN(Cc2ccccn2)Cc2ccccn2)c1)Cc1ccc(C(=O)Oc2ccc3nc4c(c(CC)c3c2)Cn2c-4cc3c(c2=O)COC(=O)C3CC)cc1. The van der Waals surface area contributed by atoms with Crippen LogP contribution in [0.3, 0.4) is 0 Å². The van der Waals surface area contributed by atoms with Crippen molar-refractivity contribution in [3.63, 3.8) is 0 Å². The van der Waals surface area contributed by atoms with Crippen molar-refractivity contribution in [1.29, 1.82) is 0 Å². The Kier molecular flexibility index (Phi) is 20.4. The van der Waals surface area contributed by atoms with Crippen LogP contribution in [-0.2, 0) is 87.8 Å². The molecule has 0 spiro atoms. The fourth-order valence-corrected chi connectivity index (χ4v) is 12.9. The molecule has 0 bridgehead atoms. The van der Waals surface area contributed by atoms with Gasteiger partial charge in [-0.05, 0) is 175 Å². The lowest BCUT2D eigenvalue weighted by Gasteiger charge is -2.25. The van der Waals surface area contributed by atoms with Crippen LogP contribution in [0.1, 0.15) is 136 Å². The summed E-state index contributed by atoms with van der Waals surface area (Å²) in [4.78, 5) is 85.6. The summed E-state index contributed by atoms with van der Waals surface area (Å²) in [7, 11) is 0. The third kappa shape index (κ3) is 15.1. The molecule has 1 unspecified atom stereocenters. The summed E-state index contributed by atoms with van der Waals surface area (Å²) < 4.78 is 19.9. The number of anilines is 1. The van der Waals surface area contributed by atoms with Crippen molar-refractivity contribution in [3.05, 3.63) is 271 Å². The summed E-state index contributed by atoms with van der Waals surface area (Å²) in [6, 6.07) is 51.1. The van der Waals surface area contributed by atoms with Crippen LogP contribution < -0.4 is 20.3 Å². The fraction of sp³-hybridized carbons (Fsp3) is 0.286. The van der Waals surface area contributed by atoms with E-state index in [-0.39, 0.29) is 30.7 Å². The van der Waals surface area contributed by atoms with Gasteiger partial charge in [0, 0.05) is 93.8 Å². The molecule has 2 amide bonds. The Labute approximate surface area is 548 Å². The molecule has 12 rings (SSSR count). The third-order valence-corrected chi connectivity index (χ3v) is 17.6. The number of fused-ring (bicyclic) bond motifs is 5. The first-order valence-corrected chi connectivity index (χ1v) is 32.7. The highest BCUT2D eigenvalue weighted by Crippen LogP contribution is 2.40. The second-order valence-electron chi connectivity index (χ2n) is 24.1. The van der Waals surface area contributed by atoms with E-state index in [4.69, 9.17) is 19.2 Å². The van der Waals surface area contributed by atoms with Crippen molar-refractivity contribution >= 4 is 34.6 Å². The minimum absolute atomic E-state index is 0.0392. The van der Waals surface area contributed by atoms with Gasteiger partial charge >= 0.3 is 18.0 Å². The minimum atomic E-state index is -0.530. The highest BCUT2D eigenvalue weighted by Gasteiger charge is 2.35. The molecule has 94 heavy (non-hydrogen) atoms. The molecule has 0 aliphatic carbocycles. The van der Waals surface area contributed by atoms with Crippen LogP contribution in [0.2, 0.25) is 0 Å². The lowest BCUT2D eigenvalue weighted by Crippen LogP contribution is -2.36. The predicted octanol–water partition coefficient (Wildman–Crippen LogP) is 13.8. The molecule has 0 saturated heterocycles. The lowest BCUT2D eigenvalue weighted by molar-refractivity contribution is -0.148. The first kappa shape index (κ1) is 63.9. The van der Waals surface area contributed by atoms with Crippen molar-refractivity contribution in [2.75, 3.05) is 18.5 Å². The summed E-state index contributed by atoms with van der Waals surface area (Å²) in [5.74, 6) is -0.226. The number of rotatable bonds is 27. The average molecular weight is 1260 g/mol. The predicted molar refractivity (Wildman–Crippen MR) is 363 cm³/mol. The normalized spacial score (nSPS) is 13.1. The van der Waals surface area contributed by atoms with Gasteiger partial charge in [-0.1, -0.05) is 88.4 Å². The highest BCUT2D eigenvalue weighted by molar-refractivity contribution is 5.94. The number of nitrogens with zero attached hydrogens (tertiary/aromatic N) is 9. The topological polar surface area (TPSA) is 187 Å². The monoisotopic (exact) mass is 1250 g/mol. The van der Waals surface area contributed by atoms with Gasteiger partial charge in [0.25, 0.3) is 5.56 Å². The van der Waals surface area contributed by atoms with Crippen molar-refractivity contribution in [1.82, 2.24) is 44.2 Å². The van der Waals surface area contributed by atoms with E-state index < -0.39 is 11.9 Å². The molecule has 0 saturated carbocycles. The number of amides is 2. The van der Waals surface area contributed by atoms with Gasteiger partial charge in [-0.2, -0.15) is 0 Å². The Morgan fingerprint density at radius 3 is 1.73 bits per heavy atom. The number of urea groups is 1. The van der Waals surface area contributed by atoms with Crippen molar-refractivity contribution in [2.45, 2.75) is 131 Å². The number of nitrogens with one attached hydrogen (secondary N) is 1. The number of unbranched alkanes of at least 4 members (excludes halogenated alkanes) is 1. The number of pyridine rings is 6. The van der Waals surface area contributed by atoms with E-state index in [1.54, 1.807) is 22.8 Å². The molecular weight excluding hydrogens is 1180 g/mol. The Morgan fingerprint density at radius 2 is 1.19 bits per heavy atom. The third-order valence-electron chi connectivity index (χ3n) is 17.6. The molecule has 2 aliphatic rings. The quantitative estimate of drug-likeness (QED) is 0.0291. The largest absolute Gasteiger partial charge is 0.494 e. The number of cyclic esters (lactones) is 1. The number of para-hydroxylation sites is 1. The van der Waals surface area contributed by atoms with Gasteiger partial charge in [-0.25, -0.2) is 14.6 Å². The van der Waals surface area contributed by atoms with Gasteiger partial charge in [-0.15, -0.1) is 0 Å². The molecule has 1 atom stereocenters. The average Bonchev–Trinajstić information content (AvgIpc) is 1.70. The molecule has 10 aromatic rings. The van der Waals surface area contributed by atoms with E-state index in [0.29, 0.717) is 113 Å². The van der Waals surface area contributed by atoms with Gasteiger partial charge in [-0.3, -0.25) is 39.3 Å². The second-order valence-corrected chi connectivity index (χ2v) is 24.1. The number of esters is 2. The van der Waals surface area contributed by atoms with Crippen molar-refractivity contribution in [3.8, 4) is 22.9 Å². The summed E-state index contributed by atoms with van der Waals surface area (Å²) >= 11 is 0. The zero-order valence-electron chi connectivity index (χ0n) is 53.8. The molecular formula is C77H78N10O7. The van der Waals surface area contributed by atoms with E-state index in [1.165, 1.54) is 0 Å². The van der Waals surface area contributed by atoms with E-state index in [1.807, 2.05) is 122 Å². The van der Waals surface area contributed by atoms with Gasteiger partial charge in [0.15, 0.2) is 0 Å². The maximum Gasteiger partial charge on any atom is 0.343 e. The zero-order valence-corrected chi connectivity index (χ0v) is 53.8. The number of hydrogen-bond acceptors (Lipinski definition) is 14. The smallest absolute Gasteiger partial charge is 0.343 e. The molecule has 2 aliphatic heterocycles. The fourth-order valence-electron chi connectivity index (χ4n) is 12.9. The molecule has 6 aromatic heterocycles. The summed E-state index contributed by atoms with van der Waals surface area (Å²) in [6.45, 7) is 13.3. The van der Waals surface area contributed by atoms with Crippen LogP contribution >= 0.6 is 0 Å². The van der Waals surface area contributed by atoms with E-state index >= 15 is 0 Å². The first-order chi connectivity index (χ1) is 46.0. The number of aromatic nitrogens is 6. The number of ether oxygens (including phenoxy) is 3. The molecule has 478 valence electrons. The van der Waals surface area contributed by atoms with Crippen LogP contribution in [0.5, 0.6) is 11.5 Å². The number of hydrogen-bond donors (Lipinski definition) is 1. The number of benzene rings is 4. The van der Waals surface area contributed by atoms with E-state index in [9.17, 15) is 19.2 Å². The standard InChI is InChI=1S/C77H78N10O7/c1-5-55-20-19-21-56(6-2)72(55)83-77(91)86(45-52-26-28-57(29-27-52)75(89)94-62-30-31-70-67(41-62)64(7-3)68-50-87-71(73(68)82-70)42-66-65(8-4)76(90)93-51-69(66)74(87)88)36-17-18-37-92-63-39-53(43-84(46-58-22-9-13-32-78-58)47-59-23-10-14-33-79-59)38-54(40-63)44-85(48-60-24-11-15-34-80-60)49-61-25-12-16-35-81-61/h9-16,19-35,38-42,65H,5-8,17-18,36-37,43-51H2,1-4H3,(H,83,91). The van der Waals surface area contributed by atoms with Crippen LogP contribution in [0.15, 0.2) is 187 Å². The van der Waals surface area contributed by atoms with Crippen molar-refractivity contribution < 1.29 is 28.6 Å². The van der Waals surface area contributed by atoms with Gasteiger partial charge in [0.2, 0.25) is 0 Å². The summed E-state index contributed by atoms with van der Waals surface area (Å²) in [5.41, 5.74) is 15.3. The molecule has 4 aromatic carbocycles. The molecule has 1 N–H and O–H groups in total. The second kappa shape index (κ2) is 30.0. The summed E-state index contributed by atoms with van der Waals surface area (Å²) in [5, 5.41) is 4.14. The number of aryl methyl sites for hydroxylation is 3. The molecule has 8 heterocycles. The minimum Gasteiger partial charge on any atom is -0.494 e.